The van der Waals surface area contributed by atoms with Crippen molar-refractivity contribution in [3.8, 4) is 5.75 Å². The van der Waals surface area contributed by atoms with Gasteiger partial charge < -0.3 is 9.64 Å². The lowest BCUT2D eigenvalue weighted by Gasteiger charge is -2.32. The smallest absolute Gasteiger partial charge is 0.260 e. The molecule has 0 aliphatic carbocycles. The van der Waals surface area contributed by atoms with Crippen LogP contribution in [0.3, 0.4) is 0 Å². The van der Waals surface area contributed by atoms with E-state index in [0.717, 1.165) is 42.6 Å². The quantitative estimate of drug-likeness (QED) is 0.363. The van der Waals surface area contributed by atoms with E-state index < -0.39 is 10.0 Å². The number of methoxy groups -OCH3 is 1. The van der Waals surface area contributed by atoms with Crippen molar-refractivity contribution >= 4 is 42.6 Å². The maximum atomic E-state index is 13.8. The molecule has 10 heteroatoms. The number of hydrogen-bond acceptors (Lipinski definition) is 7. The SMILES string of the molecule is CCN(CC)CCN(C(=O)c1ccc(S(=O)(=O)N2CCCCC2C)cc1)c1nc2c(OC)cccc2s1. The van der Waals surface area contributed by atoms with Gasteiger partial charge >= 0.3 is 0 Å². The Morgan fingerprint density at radius 2 is 1.84 bits per heavy atom. The second kappa shape index (κ2) is 11.9. The van der Waals surface area contributed by atoms with Crippen LogP contribution >= 0.6 is 11.3 Å². The highest BCUT2D eigenvalue weighted by atomic mass is 32.2. The third-order valence-corrected chi connectivity index (χ3v) is 10.1. The first-order valence-electron chi connectivity index (χ1n) is 12.9. The van der Waals surface area contributed by atoms with E-state index in [2.05, 4.69) is 18.7 Å². The molecule has 0 spiro atoms. The average Bonchev–Trinajstić information content (AvgIpc) is 3.35. The Bertz CT molecular complexity index is 1320. The van der Waals surface area contributed by atoms with Crippen molar-refractivity contribution in [2.24, 2.45) is 0 Å². The number of aromatic nitrogens is 1. The number of carbonyl (C=O) groups excluding carboxylic acids is 1. The van der Waals surface area contributed by atoms with Crippen molar-refractivity contribution in [2.45, 2.75) is 51.0 Å². The lowest BCUT2D eigenvalue weighted by atomic mass is 10.1. The van der Waals surface area contributed by atoms with E-state index in [1.807, 2.05) is 25.1 Å². The van der Waals surface area contributed by atoms with Gasteiger partial charge in [-0.05, 0) is 69.3 Å². The topological polar surface area (TPSA) is 83.1 Å². The summed E-state index contributed by atoms with van der Waals surface area (Å²) in [6.07, 6.45) is 2.78. The zero-order valence-corrected chi connectivity index (χ0v) is 23.6. The van der Waals surface area contributed by atoms with Gasteiger partial charge in [0.25, 0.3) is 5.91 Å². The zero-order chi connectivity index (χ0) is 26.6. The summed E-state index contributed by atoms with van der Waals surface area (Å²) in [5.41, 5.74) is 1.15. The van der Waals surface area contributed by atoms with Crippen molar-refractivity contribution in [1.29, 1.82) is 0 Å². The molecule has 0 saturated carbocycles. The summed E-state index contributed by atoms with van der Waals surface area (Å²) in [6.45, 7) is 9.61. The third kappa shape index (κ3) is 5.82. The highest BCUT2D eigenvalue weighted by Gasteiger charge is 2.31. The van der Waals surface area contributed by atoms with Gasteiger partial charge in [-0.3, -0.25) is 9.69 Å². The van der Waals surface area contributed by atoms with E-state index in [0.29, 0.717) is 36.1 Å². The lowest BCUT2D eigenvalue weighted by molar-refractivity contribution is 0.0983. The summed E-state index contributed by atoms with van der Waals surface area (Å²) in [6, 6.07) is 12.0. The van der Waals surface area contributed by atoms with Gasteiger partial charge in [-0.15, -0.1) is 0 Å². The van der Waals surface area contributed by atoms with Crippen LogP contribution in [0.25, 0.3) is 10.2 Å². The van der Waals surface area contributed by atoms with Crippen LogP contribution in [0.2, 0.25) is 0 Å². The maximum absolute atomic E-state index is 13.8. The van der Waals surface area contributed by atoms with Crippen LogP contribution in [0, 0.1) is 0 Å². The van der Waals surface area contributed by atoms with E-state index in [1.165, 1.54) is 11.3 Å². The molecule has 37 heavy (non-hydrogen) atoms. The summed E-state index contributed by atoms with van der Waals surface area (Å²) in [5, 5.41) is 0.593. The molecule has 1 aliphatic heterocycles. The summed E-state index contributed by atoms with van der Waals surface area (Å²) in [5.74, 6) is 0.457. The monoisotopic (exact) mass is 544 g/mol. The molecule has 1 amide bonds. The van der Waals surface area contributed by atoms with Crippen LogP contribution in [0.4, 0.5) is 5.13 Å². The van der Waals surface area contributed by atoms with E-state index in [1.54, 1.807) is 40.6 Å². The number of likely N-dealkylation sites (N-methyl/N-ethyl adjacent to an activating group) is 1. The molecule has 4 rings (SSSR count). The van der Waals surface area contributed by atoms with Gasteiger partial charge in [0.05, 0.1) is 16.7 Å². The highest BCUT2D eigenvalue weighted by molar-refractivity contribution is 7.89. The number of piperidine rings is 1. The number of para-hydroxylation sites is 1. The molecule has 1 aliphatic rings. The van der Waals surface area contributed by atoms with Crippen molar-refractivity contribution in [3.63, 3.8) is 0 Å². The van der Waals surface area contributed by atoms with Gasteiger partial charge in [0.1, 0.15) is 11.3 Å². The van der Waals surface area contributed by atoms with E-state index >= 15 is 0 Å². The number of fused-ring (bicyclic) bond motifs is 1. The number of benzene rings is 2. The van der Waals surface area contributed by atoms with Crippen LogP contribution in [-0.2, 0) is 10.0 Å². The fraction of sp³-hybridized carbons (Fsp3) is 0.481. The Hall–Kier alpha value is -2.53. The second-order valence-corrected chi connectivity index (χ2v) is 12.2. The average molecular weight is 545 g/mol. The molecule has 200 valence electrons. The summed E-state index contributed by atoms with van der Waals surface area (Å²) < 4.78 is 34.5. The molecule has 1 fully saturated rings. The lowest BCUT2D eigenvalue weighted by Crippen LogP contribution is -2.42. The number of ether oxygens (including phenoxy) is 1. The van der Waals surface area contributed by atoms with Crippen LogP contribution in [0.1, 0.15) is 50.4 Å². The first-order valence-corrected chi connectivity index (χ1v) is 15.2. The number of hydrogen-bond donors (Lipinski definition) is 0. The van der Waals surface area contributed by atoms with Gasteiger partial charge in [-0.1, -0.05) is 37.7 Å². The number of rotatable bonds is 10. The first kappa shape index (κ1) is 27.5. The maximum Gasteiger partial charge on any atom is 0.260 e. The van der Waals surface area contributed by atoms with E-state index in [-0.39, 0.29) is 16.8 Å². The standard InChI is InChI=1S/C27H36N4O4S2/c1-5-29(6-2)18-19-30(27-28-25-23(35-4)11-9-12-24(25)36-27)26(32)21-13-15-22(16-14-21)37(33,34)31-17-8-7-10-20(31)3/h9,11-16,20H,5-8,10,17-19H2,1-4H3. The minimum Gasteiger partial charge on any atom is -0.494 e. The van der Waals surface area contributed by atoms with Gasteiger partial charge in [-0.25, -0.2) is 13.4 Å². The largest absolute Gasteiger partial charge is 0.494 e. The fourth-order valence-corrected chi connectivity index (χ4v) is 7.45. The van der Waals surface area contributed by atoms with Gasteiger partial charge in [0, 0.05) is 31.2 Å². The van der Waals surface area contributed by atoms with Crippen molar-refractivity contribution in [2.75, 3.05) is 44.7 Å². The summed E-state index contributed by atoms with van der Waals surface area (Å²) in [7, 11) is -1.99. The van der Waals surface area contributed by atoms with Crippen molar-refractivity contribution in [1.82, 2.24) is 14.2 Å². The van der Waals surface area contributed by atoms with E-state index in [9.17, 15) is 13.2 Å². The molecule has 0 bridgehead atoms. The number of carbonyl (C=O) groups is 1. The van der Waals surface area contributed by atoms with Crippen LogP contribution in [-0.4, -0.2) is 74.4 Å². The Morgan fingerprint density at radius 3 is 2.49 bits per heavy atom. The molecule has 8 nitrogen and oxygen atoms in total. The van der Waals surface area contributed by atoms with Crippen molar-refractivity contribution < 1.29 is 17.9 Å². The molecule has 3 aromatic rings. The predicted molar refractivity (Wildman–Crippen MR) is 149 cm³/mol. The minimum atomic E-state index is -3.60. The van der Waals surface area contributed by atoms with Gasteiger partial charge in [-0.2, -0.15) is 4.31 Å². The molecule has 2 aromatic carbocycles. The molecule has 2 heterocycles. The van der Waals surface area contributed by atoms with Gasteiger partial charge in [0.2, 0.25) is 10.0 Å². The molecule has 0 N–H and O–H groups in total. The molecular weight excluding hydrogens is 508 g/mol. The normalized spacial score (nSPS) is 16.8. The van der Waals surface area contributed by atoms with Crippen LogP contribution in [0.15, 0.2) is 47.4 Å². The Balaban J connectivity index is 1.64. The number of nitrogens with zero attached hydrogens (tertiary/aromatic N) is 4. The number of amides is 1. The fourth-order valence-electron chi connectivity index (χ4n) is 4.75. The molecule has 1 atom stereocenters. The first-order chi connectivity index (χ1) is 17.8. The predicted octanol–water partition coefficient (Wildman–Crippen LogP) is 4.86. The highest BCUT2D eigenvalue weighted by Crippen LogP contribution is 2.35. The Morgan fingerprint density at radius 1 is 1.11 bits per heavy atom. The number of sulfonamides is 1. The number of anilines is 1. The van der Waals surface area contributed by atoms with Crippen molar-refractivity contribution in [3.05, 3.63) is 48.0 Å². The number of thiazole rings is 1. The molecule has 1 unspecified atom stereocenters. The molecule has 1 aromatic heterocycles. The zero-order valence-electron chi connectivity index (χ0n) is 22.0. The second-order valence-electron chi connectivity index (χ2n) is 9.27. The summed E-state index contributed by atoms with van der Waals surface area (Å²) in [4.78, 5) is 22.7. The Kier molecular flexibility index (Phi) is 8.84. The molecular formula is C27H36N4O4S2. The molecule has 0 radical (unpaired) electrons. The summed E-state index contributed by atoms with van der Waals surface area (Å²) >= 11 is 1.44. The third-order valence-electron chi connectivity index (χ3n) is 7.05. The van der Waals surface area contributed by atoms with E-state index in [4.69, 9.17) is 9.72 Å². The minimum absolute atomic E-state index is 0.0216. The Labute approximate surface area is 223 Å². The van der Waals surface area contributed by atoms with Gasteiger partial charge in [0.15, 0.2) is 5.13 Å². The van der Waals surface area contributed by atoms with Crippen LogP contribution < -0.4 is 9.64 Å². The van der Waals surface area contributed by atoms with Crippen LogP contribution in [0.5, 0.6) is 5.75 Å². The molecule has 1 saturated heterocycles.